The first-order chi connectivity index (χ1) is 16.0. The lowest BCUT2D eigenvalue weighted by atomic mass is 9.93. The fourth-order valence-corrected chi connectivity index (χ4v) is 4.65. The molecule has 33 heavy (non-hydrogen) atoms. The van der Waals surface area contributed by atoms with Crippen molar-refractivity contribution in [1.29, 1.82) is 0 Å². The van der Waals surface area contributed by atoms with Crippen LogP contribution in [0.2, 0.25) is 0 Å². The predicted molar refractivity (Wildman–Crippen MR) is 122 cm³/mol. The van der Waals surface area contributed by atoms with E-state index in [1.807, 2.05) is 41.3 Å². The number of benzene rings is 2. The Morgan fingerprint density at radius 3 is 2.09 bits per heavy atom. The predicted octanol–water partition coefficient (Wildman–Crippen LogP) is 3.42. The second kappa shape index (κ2) is 8.42. The van der Waals surface area contributed by atoms with Crippen molar-refractivity contribution >= 4 is 5.91 Å². The van der Waals surface area contributed by atoms with Crippen LogP contribution in [0, 0.1) is 0 Å². The normalized spacial score (nSPS) is 17.6. The zero-order chi connectivity index (χ0) is 23.0. The maximum absolute atomic E-state index is 13.4. The summed E-state index contributed by atoms with van der Waals surface area (Å²) < 4.78 is 17.2. The van der Waals surface area contributed by atoms with E-state index in [4.69, 9.17) is 13.9 Å². The van der Waals surface area contributed by atoms with Gasteiger partial charge in [-0.3, -0.25) is 4.79 Å². The van der Waals surface area contributed by atoms with Crippen molar-refractivity contribution < 1.29 is 18.7 Å². The lowest BCUT2D eigenvalue weighted by Gasteiger charge is -2.34. The van der Waals surface area contributed by atoms with Crippen LogP contribution < -0.4 is 15.2 Å². The molecule has 1 aliphatic carbocycles. The Morgan fingerprint density at radius 2 is 1.55 bits per heavy atom. The van der Waals surface area contributed by atoms with Crippen molar-refractivity contribution in [3.05, 3.63) is 64.6 Å². The van der Waals surface area contributed by atoms with Crippen molar-refractivity contribution in [2.75, 3.05) is 27.3 Å². The van der Waals surface area contributed by atoms with Crippen LogP contribution in [0.5, 0.6) is 11.5 Å². The summed E-state index contributed by atoms with van der Waals surface area (Å²) in [5.74, 6) is 1.51. The summed E-state index contributed by atoms with van der Waals surface area (Å²) in [6.45, 7) is 1.19. The molecule has 1 saturated carbocycles. The standard InChI is InChI=1S/C25H27N3O5/c1-31-20-7-3-17(4-8-20)22-26-28(24(30)33-22)19-11-15-27(16-12-19)23(29)25(13-14-25)18-5-9-21(32-2)10-6-18/h3-10,19H,11-16H2,1-2H3. The number of carbonyl (C=O) groups is 1. The van der Waals surface area contributed by atoms with E-state index in [0.717, 1.165) is 35.5 Å². The number of amides is 1. The van der Waals surface area contributed by atoms with Crippen LogP contribution in [0.15, 0.2) is 57.7 Å². The van der Waals surface area contributed by atoms with Crippen LogP contribution in [-0.2, 0) is 10.2 Å². The summed E-state index contributed by atoms with van der Waals surface area (Å²) in [6.07, 6.45) is 3.07. The summed E-state index contributed by atoms with van der Waals surface area (Å²) in [5, 5.41) is 4.44. The van der Waals surface area contributed by atoms with E-state index in [-0.39, 0.29) is 17.8 Å². The van der Waals surface area contributed by atoms with Gasteiger partial charge in [0.25, 0.3) is 0 Å². The van der Waals surface area contributed by atoms with Crippen molar-refractivity contribution in [3.63, 3.8) is 0 Å². The zero-order valence-electron chi connectivity index (χ0n) is 18.8. The summed E-state index contributed by atoms with van der Waals surface area (Å²) in [6, 6.07) is 14.9. The molecule has 1 amide bonds. The SMILES string of the molecule is COc1ccc(-c2nn(C3CCN(C(=O)C4(c5ccc(OC)cc5)CC4)CC3)c(=O)o2)cc1. The number of hydrogen-bond donors (Lipinski definition) is 0. The van der Waals surface area contributed by atoms with Gasteiger partial charge in [-0.25, -0.2) is 4.79 Å². The third-order valence-electron chi connectivity index (χ3n) is 6.81. The number of methoxy groups -OCH3 is 2. The fourth-order valence-electron chi connectivity index (χ4n) is 4.65. The molecule has 0 spiro atoms. The maximum atomic E-state index is 13.4. The smallest absolute Gasteiger partial charge is 0.437 e. The van der Waals surface area contributed by atoms with Gasteiger partial charge in [-0.1, -0.05) is 12.1 Å². The van der Waals surface area contributed by atoms with Gasteiger partial charge in [-0.05, 0) is 67.6 Å². The lowest BCUT2D eigenvalue weighted by Crippen LogP contribution is -2.45. The second-order valence-electron chi connectivity index (χ2n) is 8.68. The van der Waals surface area contributed by atoms with Crippen molar-refractivity contribution in [2.24, 2.45) is 0 Å². The molecule has 1 saturated heterocycles. The minimum absolute atomic E-state index is 0.0894. The number of carbonyl (C=O) groups excluding carboxylic acids is 1. The molecule has 1 aliphatic heterocycles. The molecular weight excluding hydrogens is 422 g/mol. The van der Waals surface area contributed by atoms with Crippen LogP contribution >= 0.6 is 0 Å². The molecule has 1 aromatic heterocycles. The highest BCUT2D eigenvalue weighted by atomic mass is 16.5. The molecule has 0 radical (unpaired) electrons. The molecule has 0 bridgehead atoms. The Kier molecular flexibility index (Phi) is 5.44. The number of nitrogens with zero attached hydrogens (tertiary/aromatic N) is 3. The average Bonchev–Trinajstić information content (AvgIpc) is 3.59. The summed E-state index contributed by atoms with van der Waals surface area (Å²) >= 11 is 0. The van der Waals surface area contributed by atoms with Gasteiger partial charge in [-0.15, -0.1) is 5.10 Å². The van der Waals surface area contributed by atoms with Crippen molar-refractivity contribution in [2.45, 2.75) is 37.1 Å². The first-order valence-corrected chi connectivity index (χ1v) is 11.2. The fraction of sp³-hybridized carbons (Fsp3) is 0.400. The van der Waals surface area contributed by atoms with Gasteiger partial charge in [0.2, 0.25) is 11.8 Å². The number of hydrogen-bond acceptors (Lipinski definition) is 6. The van der Waals surface area contributed by atoms with E-state index in [1.54, 1.807) is 26.4 Å². The average molecular weight is 450 g/mol. The van der Waals surface area contributed by atoms with Crippen LogP contribution in [0.25, 0.3) is 11.5 Å². The third-order valence-corrected chi connectivity index (χ3v) is 6.81. The van der Waals surface area contributed by atoms with Gasteiger partial charge in [-0.2, -0.15) is 4.68 Å². The van der Waals surface area contributed by atoms with Gasteiger partial charge < -0.3 is 18.8 Å². The molecule has 0 N–H and O–H groups in total. The minimum atomic E-state index is -0.470. The van der Waals surface area contributed by atoms with E-state index in [0.29, 0.717) is 25.9 Å². The second-order valence-corrected chi connectivity index (χ2v) is 8.68. The highest BCUT2D eigenvalue weighted by Crippen LogP contribution is 2.50. The molecule has 0 unspecified atom stereocenters. The van der Waals surface area contributed by atoms with E-state index < -0.39 is 11.2 Å². The number of piperidine rings is 1. The Balaban J connectivity index is 1.26. The van der Waals surface area contributed by atoms with Crippen LogP contribution in [0.1, 0.15) is 37.3 Å². The molecule has 2 aromatic carbocycles. The number of aromatic nitrogens is 2. The summed E-state index contributed by atoms with van der Waals surface area (Å²) in [4.78, 5) is 27.8. The molecule has 0 atom stereocenters. The van der Waals surface area contributed by atoms with Crippen LogP contribution in [0.4, 0.5) is 0 Å². The summed E-state index contributed by atoms with van der Waals surface area (Å²) in [5.41, 5.74) is 1.35. The highest BCUT2D eigenvalue weighted by molar-refractivity contribution is 5.91. The van der Waals surface area contributed by atoms with E-state index >= 15 is 0 Å². The molecule has 8 heteroatoms. The summed E-state index contributed by atoms with van der Waals surface area (Å²) in [7, 11) is 3.24. The van der Waals surface area contributed by atoms with Gasteiger partial charge in [0.05, 0.1) is 25.7 Å². The molecule has 2 aliphatic rings. The molecule has 8 nitrogen and oxygen atoms in total. The number of rotatable bonds is 6. The monoisotopic (exact) mass is 449 g/mol. The molecular formula is C25H27N3O5. The minimum Gasteiger partial charge on any atom is -0.497 e. The topological polar surface area (TPSA) is 86.8 Å². The third kappa shape index (κ3) is 3.90. The molecule has 3 aromatic rings. The Bertz CT molecular complexity index is 1180. The largest absolute Gasteiger partial charge is 0.497 e. The number of likely N-dealkylation sites (tertiary alicyclic amines) is 1. The van der Waals surface area contributed by atoms with E-state index in [1.165, 1.54) is 4.68 Å². The van der Waals surface area contributed by atoms with Gasteiger partial charge in [0.15, 0.2) is 0 Å². The first-order valence-electron chi connectivity index (χ1n) is 11.2. The van der Waals surface area contributed by atoms with E-state index in [2.05, 4.69) is 5.10 Å². The van der Waals surface area contributed by atoms with Crippen LogP contribution in [0.3, 0.4) is 0 Å². The molecule has 2 fully saturated rings. The van der Waals surface area contributed by atoms with Gasteiger partial charge >= 0.3 is 5.76 Å². The Hall–Kier alpha value is -3.55. The molecule has 5 rings (SSSR count). The van der Waals surface area contributed by atoms with E-state index in [9.17, 15) is 9.59 Å². The highest BCUT2D eigenvalue weighted by Gasteiger charge is 2.53. The molecule has 172 valence electrons. The Labute approximate surface area is 191 Å². The Morgan fingerprint density at radius 1 is 0.970 bits per heavy atom. The van der Waals surface area contributed by atoms with Gasteiger partial charge in [0.1, 0.15) is 11.5 Å². The zero-order valence-corrected chi connectivity index (χ0v) is 18.8. The maximum Gasteiger partial charge on any atom is 0.437 e. The van der Waals surface area contributed by atoms with Gasteiger partial charge in [0, 0.05) is 18.7 Å². The van der Waals surface area contributed by atoms with Crippen molar-refractivity contribution in [1.82, 2.24) is 14.7 Å². The quantitative estimate of drug-likeness (QED) is 0.573. The number of ether oxygens (including phenoxy) is 2. The van der Waals surface area contributed by atoms with Crippen LogP contribution in [-0.4, -0.2) is 47.9 Å². The molecule has 2 heterocycles. The van der Waals surface area contributed by atoms with Crippen molar-refractivity contribution in [3.8, 4) is 23.0 Å². The lowest BCUT2D eigenvalue weighted by molar-refractivity contribution is -0.135. The first kappa shape index (κ1) is 21.3.